The van der Waals surface area contributed by atoms with Crippen molar-refractivity contribution in [1.82, 2.24) is 0 Å². The zero-order valence-electron chi connectivity index (χ0n) is 22.4. The number of nitrogens with zero attached hydrogens (tertiary/aromatic N) is 4. The van der Waals surface area contributed by atoms with Gasteiger partial charge in [0.25, 0.3) is 0 Å². The first-order chi connectivity index (χ1) is 20.0. The van der Waals surface area contributed by atoms with Crippen molar-refractivity contribution >= 4 is 48.3 Å². The van der Waals surface area contributed by atoms with Crippen molar-refractivity contribution in [2.24, 2.45) is 0 Å². The largest absolute Gasteiger partial charge is 0.492 e. The summed E-state index contributed by atoms with van der Waals surface area (Å²) < 4.78 is 39.2. The molecule has 14 heteroatoms. The van der Waals surface area contributed by atoms with Crippen LogP contribution in [0, 0.1) is 29.5 Å². The van der Waals surface area contributed by atoms with E-state index in [0.717, 1.165) is 0 Å². The number of benzene rings is 1. The lowest BCUT2D eigenvalue weighted by Crippen LogP contribution is -2.38. The molecule has 42 heavy (non-hydrogen) atoms. The minimum atomic E-state index is -4.09. The highest BCUT2D eigenvalue weighted by Gasteiger charge is 2.26. The molecule has 0 amide bonds. The van der Waals surface area contributed by atoms with Crippen LogP contribution in [0.15, 0.2) is 49.1 Å². The Morgan fingerprint density at radius 3 is 1.88 bits per heavy atom. The van der Waals surface area contributed by atoms with E-state index in [2.05, 4.69) is 4.85 Å². The van der Waals surface area contributed by atoms with Gasteiger partial charge >= 0.3 is 18.3 Å². The number of hydrogen-bond acceptors (Lipinski definition) is 7. The Balaban J connectivity index is 1.78. The fourth-order valence-corrected chi connectivity index (χ4v) is 5.00. The van der Waals surface area contributed by atoms with E-state index in [0.29, 0.717) is 37.1 Å². The molecule has 0 aliphatic heterocycles. The molecule has 218 valence electrons. The van der Waals surface area contributed by atoms with Crippen molar-refractivity contribution in [1.29, 1.82) is 5.26 Å². The average Bonchev–Trinajstić information content (AvgIpc) is 2.95. The lowest BCUT2D eigenvalue weighted by Gasteiger charge is -2.09. The standard InChI is InChI=1S/C28H30F2N4O6Si2/c1-32-28-24(7-5-22-8-14-33(15-9-22)12-2-18-40-41(35)36)26(29)25(20-31)23(27(28)30)6-4-21-10-16-34(17-11-21)13-3-19-42(37,38)39/h4-11,14-17,35-39,41H,2-3,12-13,18-19H2/q+2/b6-4+,7-5+. The van der Waals surface area contributed by atoms with E-state index >= 15 is 8.78 Å². The summed E-state index contributed by atoms with van der Waals surface area (Å²) in [5, 5.41) is 9.64. The van der Waals surface area contributed by atoms with Crippen LogP contribution in [0.1, 0.15) is 40.7 Å². The number of halogens is 2. The molecule has 5 N–H and O–H groups in total. The highest BCUT2D eigenvalue weighted by molar-refractivity contribution is 6.56. The van der Waals surface area contributed by atoms with Gasteiger partial charge in [-0.05, 0) is 11.1 Å². The summed E-state index contributed by atoms with van der Waals surface area (Å²) in [7, 11) is -7.13. The van der Waals surface area contributed by atoms with E-state index in [4.69, 9.17) is 35.0 Å². The van der Waals surface area contributed by atoms with Crippen molar-refractivity contribution in [3.8, 4) is 6.07 Å². The molecule has 0 aliphatic rings. The molecule has 2 heterocycles. The summed E-state index contributed by atoms with van der Waals surface area (Å²) in [6.07, 6.45) is 13.3. The fraction of sp³-hybridized carbons (Fsp3) is 0.214. The molecule has 0 radical (unpaired) electrons. The molecule has 10 nitrogen and oxygen atoms in total. The van der Waals surface area contributed by atoms with Gasteiger partial charge in [0.1, 0.15) is 24.2 Å². The van der Waals surface area contributed by atoms with Crippen LogP contribution in [0.5, 0.6) is 0 Å². The van der Waals surface area contributed by atoms with E-state index in [-0.39, 0.29) is 23.8 Å². The first-order valence-electron chi connectivity index (χ1n) is 12.8. The van der Waals surface area contributed by atoms with Gasteiger partial charge in [-0.3, -0.25) is 0 Å². The third kappa shape index (κ3) is 9.56. The van der Waals surface area contributed by atoms with Gasteiger partial charge in [0.15, 0.2) is 31.3 Å². The summed E-state index contributed by atoms with van der Waals surface area (Å²) in [6, 6.07) is 8.43. The van der Waals surface area contributed by atoms with Crippen molar-refractivity contribution in [2.75, 3.05) is 6.61 Å². The van der Waals surface area contributed by atoms with Crippen LogP contribution in [0.2, 0.25) is 6.04 Å². The number of rotatable bonds is 13. The van der Waals surface area contributed by atoms with Crippen LogP contribution < -0.4 is 9.13 Å². The summed E-state index contributed by atoms with van der Waals surface area (Å²) in [5.41, 5.74) is -0.504. The van der Waals surface area contributed by atoms with Crippen molar-refractivity contribution in [2.45, 2.75) is 32.0 Å². The SMILES string of the molecule is [C-]#[N+]c1c(F)c(/C=C/c2cc[n+](CCC[Si](O)(O)O)cc2)c(C#N)c(F)c1/C=C/c1cc[n+](CCCO[SiH](O)O)cc1. The third-order valence-electron chi connectivity index (χ3n) is 6.12. The Morgan fingerprint density at radius 2 is 1.40 bits per heavy atom. The molecule has 0 unspecified atom stereocenters. The second-order valence-corrected chi connectivity index (χ2v) is 12.3. The first kappa shape index (κ1) is 32.5. The minimum Gasteiger partial charge on any atom is -0.392 e. The van der Waals surface area contributed by atoms with Crippen LogP contribution in [-0.2, 0) is 17.5 Å². The monoisotopic (exact) mass is 612 g/mol. The molecular formula is C28H30F2N4O6Si2+2. The Hall–Kier alpha value is -3.97. The van der Waals surface area contributed by atoms with E-state index in [1.165, 1.54) is 24.3 Å². The molecule has 0 fully saturated rings. The Morgan fingerprint density at radius 1 is 0.881 bits per heavy atom. The van der Waals surface area contributed by atoms with Gasteiger partial charge in [-0.1, -0.05) is 24.3 Å². The summed E-state index contributed by atoms with van der Waals surface area (Å²) in [5.74, 6) is -2.03. The quantitative estimate of drug-likeness (QED) is 0.0855. The van der Waals surface area contributed by atoms with Gasteiger partial charge in [0.2, 0.25) is 5.69 Å². The molecule has 1 aromatic carbocycles. The third-order valence-corrected chi connectivity index (χ3v) is 7.68. The van der Waals surface area contributed by atoms with E-state index in [9.17, 15) is 5.26 Å². The summed E-state index contributed by atoms with van der Waals surface area (Å²) in [4.78, 5) is 48.2. The van der Waals surface area contributed by atoms with Gasteiger partial charge in [-0.2, -0.15) is 5.26 Å². The van der Waals surface area contributed by atoms with Gasteiger partial charge in [0, 0.05) is 60.9 Å². The second kappa shape index (κ2) is 15.3. The zero-order chi connectivity index (χ0) is 30.7. The molecule has 0 bridgehead atoms. The van der Waals surface area contributed by atoms with Crippen LogP contribution in [0.4, 0.5) is 14.5 Å². The molecule has 0 saturated heterocycles. The van der Waals surface area contributed by atoms with Gasteiger partial charge < -0.3 is 28.4 Å². The van der Waals surface area contributed by atoms with Crippen molar-refractivity contribution < 1.29 is 46.3 Å². The maximum atomic E-state index is 15.4. The van der Waals surface area contributed by atoms with Gasteiger partial charge in [-0.25, -0.2) is 22.8 Å². The van der Waals surface area contributed by atoms with Crippen LogP contribution in [0.25, 0.3) is 29.1 Å². The van der Waals surface area contributed by atoms with E-state index < -0.39 is 41.2 Å². The molecule has 0 spiro atoms. The lowest BCUT2D eigenvalue weighted by molar-refractivity contribution is -0.697. The maximum Gasteiger partial charge on any atom is 0.492 e. The number of hydrogen-bond donors (Lipinski definition) is 5. The topological polar surface area (TPSA) is 146 Å². The normalized spacial score (nSPS) is 11.9. The smallest absolute Gasteiger partial charge is 0.392 e. The number of nitriles is 1. The van der Waals surface area contributed by atoms with Crippen LogP contribution in [-0.4, -0.2) is 48.9 Å². The van der Waals surface area contributed by atoms with E-state index in [1.54, 1.807) is 59.7 Å². The average molecular weight is 613 g/mol. The first-order valence-corrected chi connectivity index (χ1v) is 16.4. The van der Waals surface area contributed by atoms with Gasteiger partial charge in [-0.15, -0.1) is 0 Å². The van der Waals surface area contributed by atoms with Gasteiger partial charge in [0.05, 0.1) is 12.1 Å². The second-order valence-electron chi connectivity index (χ2n) is 9.24. The molecule has 3 rings (SSSR count). The molecule has 2 aromatic heterocycles. The molecular weight excluding hydrogens is 582 g/mol. The Kier molecular flexibility index (Phi) is 11.9. The van der Waals surface area contributed by atoms with Crippen molar-refractivity contribution in [3.63, 3.8) is 0 Å². The molecule has 0 aliphatic carbocycles. The van der Waals surface area contributed by atoms with Crippen LogP contribution >= 0.6 is 0 Å². The number of aromatic nitrogens is 2. The summed E-state index contributed by atoms with van der Waals surface area (Å²) in [6.45, 7) is 8.68. The fourth-order valence-electron chi connectivity index (χ4n) is 3.99. The Labute approximate surface area is 244 Å². The molecule has 0 saturated carbocycles. The van der Waals surface area contributed by atoms with Crippen molar-refractivity contribution in [3.05, 3.63) is 99.9 Å². The number of aryl methyl sites for hydroxylation is 2. The maximum absolute atomic E-state index is 15.4. The highest BCUT2D eigenvalue weighted by atomic mass is 28.4. The number of pyridine rings is 2. The highest BCUT2D eigenvalue weighted by Crippen LogP contribution is 2.34. The van der Waals surface area contributed by atoms with E-state index in [1.807, 2.05) is 4.57 Å². The lowest BCUT2D eigenvalue weighted by atomic mass is 9.98. The summed E-state index contributed by atoms with van der Waals surface area (Å²) >= 11 is 0. The van der Waals surface area contributed by atoms with Crippen LogP contribution in [0.3, 0.4) is 0 Å². The zero-order valence-corrected chi connectivity index (χ0v) is 24.6. The molecule has 0 atom stereocenters. The molecule has 3 aromatic rings. The predicted molar refractivity (Wildman–Crippen MR) is 152 cm³/mol. The minimum absolute atomic E-state index is 0.0969. The Bertz CT molecular complexity index is 1510. The predicted octanol–water partition coefficient (Wildman–Crippen LogP) is 1.72.